The van der Waals surface area contributed by atoms with Crippen LogP contribution in [-0.2, 0) is 12.8 Å². The normalized spacial score (nSPS) is 18.3. The zero-order valence-electron chi connectivity index (χ0n) is 12.8. The van der Waals surface area contributed by atoms with Crippen molar-refractivity contribution < 1.29 is 0 Å². The van der Waals surface area contributed by atoms with Crippen LogP contribution < -0.4 is 5.32 Å². The van der Waals surface area contributed by atoms with Gasteiger partial charge in [-0.2, -0.15) is 0 Å². The van der Waals surface area contributed by atoms with Crippen molar-refractivity contribution in [3.63, 3.8) is 0 Å². The van der Waals surface area contributed by atoms with Crippen molar-refractivity contribution >= 4 is 0 Å². The third-order valence-corrected chi connectivity index (χ3v) is 4.31. The monoisotopic (exact) mass is 259 g/mol. The molecular formula is C18H29N. The summed E-state index contributed by atoms with van der Waals surface area (Å²) in [5, 5.41) is 3.72. The Hall–Kier alpha value is -0.820. The summed E-state index contributed by atoms with van der Waals surface area (Å²) in [7, 11) is 0. The Morgan fingerprint density at radius 2 is 1.74 bits per heavy atom. The molecule has 1 nitrogen and oxygen atoms in total. The smallest absolute Gasteiger partial charge is 0.00684 e. The maximum absolute atomic E-state index is 3.72. The van der Waals surface area contributed by atoms with Crippen molar-refractivity contribution in [2.75, 3.05) is 6.54 Å². The van der Waals surface area contributed by atoms with E-state index in [2.05, 4.69) is 50.4 Å². The molecule has 0 spiro atoms. The zero-order chi connectivity index (χ0) is 13.7. The van der Waals surface area contributed by atoms with Crippen LogP contribution in [-0.4, -0.2) is 12.6 Å². The first-order chi connectivity index (χ1) is 9.15. The Bertz CT molecular complexity index is 377. The molecule has 1 aliphatic rings. The summed E-state index contributed by atoms with van der Waals surface area (Å²) in [6.45, 7) is 8.13. The van der Waals surface area contributed by atoms with Gasteiger partial charge in [-0.25, -0.2) is 0 Å². The first-order valence-electron chi connectivity index (χ1n) is 7.96. The van der Waals surface area contributed by atoms with Crippen molar-refractivity contribution in [1.82, 2.24) is 5.32 Å². The second kappa shape index (κ2) is 6.56. The molecule has 0 bridgehead atoms. The van der Waals surface area contributed by atoms with Gasteiger partial charge in [0.15, 0.2) is 0 Å². The topological polar surface area (TPSA) is 12.0 Å². The predicted molar refractivity (Wildman–Crippen MR) is 83.6 cm³/mol. The van der Waals surface area contributed by atoms with Gasteiger partial charge in [0.1, 0.15) is 0 Å². The molecule has 106 valence electrons. The van der Waals surface area contributed by atoms with E-state index in [1.807, 2.05) is 0 Å². The van der Waals surface area contributed by atoms with E-state index in [1.54, 1.807) is 0 Å². The summed E-state index contributed by atoms with van der Waals surface area (Å²) in [6, 6.07) is 10.0. The SMILES string of the molecule is CCCC(C)(CNC1CC1)Cc1ccc(CC)cc1. The minimum atomic E-state index is 0.408. The largest absolute Gasteiger partial charge is 0.313 e. The number of hydrogen-bond donors (Lipinski definition) is 1. The Labute approximate surface area is 118 Å². The highest BCUT2D eigenvalue weighted by Crippen LogP contribution is 2.29. The lowest BCUT2D eigenvalue weighted by Gasteiger charge is -2.30. The third-order valence-electron chi connectivity index (χ3n) is 4.31. The van der Waals surface area contributed by atoms with E-state index in [1.165, 1.54) is 49.8 Å². The summed E-state index contributed by atoms with van der Waals surface area (Å²) in [5.41, 5.74) is 3.34. The summed E-state index contributed by atoms with van der Waals surface area (Å²) < 4.78 is 0. The van der Waals surface area contributed by atoms with Gasteiger partial charge in [0.2, 0.25) is 0 Å². The highest BCUT2D eigenvalue weighted by atomic mass is 15.0. The van der Waals surface area contributed by atoms with Crippen LogP contribution in [0.4, 0.5) is 0 Å². The molecule has 1 atom stereocenters. The molecular weight excluding hydrogens is 230 g/mol. The maximum Gasteiger partial charge on any atom is 0.00684 e. The van der Waals surface area contributed by atoms with E-state index in [0.29, 0.717) is 5.41 Å². The Morgan fingerprint density at radius 3 is 2.26 bits per heavy atom. The van der Waals surface area contributed by atoms with Crippen molar-refractivity contribution in [1.29, 1.82) is 0 Å². The third kappa shape index (κ3) is 4.65. The molecule has 0 aromatic heterocycles. The Balaban J connectivity index is 1.96. The molecule has 2 rings (SSSR count). The van der Waals surface area contributed by atoms with Gasteiger partial charge in [-0.05, 0) is 48.6 Å². The lowest BCUT2D eigenvalue weighted by Crippen LogP contribution is -2.34. The second-order valence-electron chi connectivity index (χ2n) is 6.56. The Morgan fingerprint density at radius 1 is 1.11 bits per heavy atom. The minimum Gasteiger partial charge on any atom is -0.313 e. The van der Waals surface area contributed by atoms with Gasteiger partial charge in [-0.1, -0.05) is 51.5 Å². The first-order valence-corrected chi connectivity index (χ1v) is 7.96. The molecule has 1 N–H and O–H groups in total. The lowest BCUT2D eigenvalue weighted by atomic mass is 9.79. The number of aryl methyl sites for hydroxylation is 1. The molecule has 0 radical (unpaired) electrons. The van der Waals surface area contributed by atoms with Gasteiger partial charge in [0, 0.05) is 12.6 Å². The molecule has 1 heteroatoms. The molecule has 1 aromatic carbocycles. The maximum atomic E-state index is 3.72. The highest BCUT2D eigenvalue weighted by molar-refractivity contribution is 5.23. The van der Waals surface area contributed by atoms with Gasteiger partial charge in [0.05, 0.1) is 0 Å². The molecule has 0 saturated heterocycles. The quantitative estimate of drug-likeness (QED) is 0.732. The number of benzene rings is 1. The van der Waals surface area contributed by atoms with Crippen LogP contribution in [0.5, 0.6) is 0 Å². The van der Waals surface area contributed by atoms with E-state index >= 15 is 0 Å². The van der Waals surface area contributed by atoms with E-state index < -0.39 is 0 Å². The fourth-order valence-corrected chi connectivity index (χ4v) is 2.91. The van der Waals surface area contributed by atoms with Crippen LogP contribution in [0.1, 0.15) is 57.6 Å². The molecule has 0 aliphatic heterocycles. The molecule has 1 unspecified atom stereocenters. The van der Waals surface area contributed by atoms with Crippen LogP contribution >= 0.6 is 0 Å². The average molecular weight is 259 g/mol. The van der Waals surface area contributed by atoms with Gasteiger partial charge in [-0.3, -0.25) is 0 Å². The molecule has 1 aromatic rings. The summed E-state index contributed by atoms with van der Waals surface area (Å²) in [4.78, 5) is 0. The number of rotatable bonds is 8. The number of nitrogens with one attached hydrogen (secondary N) is 1. The zero-order valence-corrected chi connectivity index (χ0v) is 12.8. The van der Waals surface area contributed by atoms with Gasteiger partial charge >= 0.3 is 0 Å². The van der Waals surface area contributed by atoms with Crippen molar-refractivity contribution in [2.45, 2.75) is 65.3 Å². The van der Waals surface area contributed by atoms with Crippen LogP contribution in [0.25, 0.3) is 0 Å². The van der Waals surface area contributed by atoms with Gasteiger partial charge in [0.25, 0.3) is 0 Å². The predicted octanol–water partition coefficient (Wildman–Crippen LogP) is 4.35. The summed E-state index contributed by atoms with van der Waals surface area (Å²) in [5.74, 6) is 0. The first kappa shape index (κ1) is 14.6. The van der Waals surface area contributed by atoms with Crippen molar-refractivity contribution in [3.8, 4) is 0 Å². The molecule has 19 heavy (non-hydrogen) atoms. The van der Waals surface area contributed by atoms with Crippen LogP contribution in [0.15, 0.2) is 24.3 Å². The fourth-order valence-electron chi connectivity index (χ4n) is 2.91. The average Bonchev–Trinajstić information content (AvgIpc) is 3.22. The molecule has 1 saturated carbocycles. The van der Waals surface area contributed by atoms with Crippen molar-refractivity contribution in [2.24, 2.45) is 5.41 Å². The molecule has 0 amide bonds. The van der Waals surface area contributed by atoms with Crippen LogP contribution in [0, 0.1) is 5.41 Å². The van der Waals surface area contributed by atoms with Gasteiger partial charge < -0.3 is 5.32 Å². The van der Waals surface area contributed by atoms with E-state index in [-0.39, 0.29) is 0 Å². The van der Waals surface area contributed by atoms with E-state index in [4.69, 9.17) is 0 Å². The summed E-state index contributed by atoms with van der Waals surface area (Å²) in [6.07, 6.45) is 7.68. The van der Waals surface area contributed by atoms with Crippen LogP contribution in [0.2, 0.25) is 0 Å². The summed E-state index contributed by atoms with van der Waals surface area (Å²) >= 11 is 0. The minimum absolute atomic E-state index is 0.408. The second-order valence-corrected chi connectivity index (χ2v) is 6.56. The van der Waals surface area contributed by atoms with E-state index in [9.17, 15) is 0 Å². The molecule has 1 aliphatic carbocycles. The standard InChI is InChI=1S/C18H29N/c1-4-12-18(3,14-19-17-10-11-17)13-16-8-6-15(5-2)7-9-16/h6-9,17,19H,4-5,10-14H2,1-3H3. The van der Waals surface area contributed by atoms with E-state index in [0.717, 1.165) is 12.5 Å². The van der Waals surface area contributed by atoms with Gasteiger partial charge in [-0.15, -0.1) is 0 Å². The lowest BCUT2D eigenvalue weighted by molar-refractivity contribution is 0.274. The molecule has 0 heterocycles. The highest BCUT2D eigenvalue weighted by Gasteiger charge is 2.28. The Kier molecular flexibility index (Phi) is 5.04. The van der Waals surface area contributed by atoms with Crippen LogP contribution in [0.3, 0.4) is 0 Å². The molecule has 1 fully saturated rings. The number of hydrogen-bond acceptors (Lipinski definition) is 1. The van der Waals surface area contributed by atoms with Crippen molar-refractivity contribution in [3.05, 3.63) is 35.4 Å². The fraction of sp³-hybridized carbons (Fsp3) is 0.667.